The summed E-state index contributed by atoms with van der Waals surface area (Å²) in [5.74, 6) is -2.32. The maximum absolute atomic E-state index is 12.9. The van der Waals surface area contributed by atoms with Crippen molar-refractivity contribution >= 4 is 28.4 Å². The Morgan fingerprint density at radius 1 is 1.21 bits per heavy atom. The van der Waals surface area contributed by atoms with Gasteiger partial charge in [-0.25, -0.2) is 4.21 Å². The van der Waals surface area contributed by atoms with E-state index in [1.165, 1.54) is 18.2 Å². The standard InChI is InChI=1S/C10H8F2N4O2S/c11-8-4-9(12)16-10(15-8)14-5-1-2-7(19(17)18)6(13)3-5/h1-4H,13H2,(H,17,18)(H,14,15,16). The highest BCUT2D eigenvalue weighted by atomic mass is 32.2. The van der Waals surface area contributed by atoms with Crippen LogP contribution < -0.4 is 11.1 Å². The largest absolute Gasteiger partial charge is 0.398 e. The molecule has 1 aromatic carbocycles. The van der Waals surface area contributed by atoms with Gasteiger partial charge in [0.25, 0.3) is 0 Å². The lowest BCUT2D eigenvalue weighted by molar-refractivity contribution is 0.528. The van der Waals surface area contributed by atoms with Crippen LogP contribution in [0.1, 0.15) is 0 Å². The van der Waals surface area contributed by atoms with Crippen LogP contribution in [0.5, 0.6) is 0 Å². The normalized spacial score (nSPS) is 12.2. The molecule has 0 bridgehead atoms. The Kier molecular flexibility index (Phi) is 3.67. The molecule has 0 radical (unpaired) electrons. The van der Waals surface area contributed by atoms with E-state index in [4.69, 9.17) is 10.3 Å². The molecule has 1 heterocycles. The molecule has 6 nitrogen and oxygen atoms in total. The molecule has 2 aromatic rings. The molecule has 0 amide bonds. The minimum atomic E-state index is -2.21. The average molecular weight is 286 g/mol. The van der Waals surface area contributed by atoms with Gasteiger partial charge in [-0.15, -0.1) is 0 Å². The van der Waals surface area contributed by atoms with Crippen molar-refractivity contribution in [2.75, 3.05) is 11.1 Å². The summed E-state index contributed by atoms with van der Waals surface area (Å²) in [7, 11) is 0. The SMILES string of the molecule is Nc1cc(Nc2nc(F)cc(F)n2)ccc1S(=O)O. The van der Waals surface area contributed by atoms with E-state index in [1.54, 1.807) is 0 Å². The monoisotopic (exact) mass is 286 g/mol. The summed E-state index contributed by atoms with van der Waals surface area (Å²) in [6.07, 6.45) is 0. The van der Waals surface area contributed by atoms with Crippen LogP contribution >= 0.6 is 0 Å². The van der Waals surface area contributed by atoms with Gasteiger partial charge in [0, 0.05) is 11.8 Å². The Morgan fingerprint density at radius 3 is 2.37 bits per heavy atom. The van der Waals surface area contributed by atoms with Crippen molar-refractivity contribution in [3.8, 4) is 0 Å². The molecule has 0 saturated heterocycles. The Bertz CT molecular complexity index is 633. The molecular formula is C10H8F2N4O2S. The van der Waals surface area contributed by atoms with Gasteiger partial charge in [-0.05, 0) is 18.2 Å². The van der Waals surface area contributed by atoms with Crippen molar-refractivity contribution in [3.05, 3.63) is 36.2 Å². The molecule has 9 heteroatoms. The fraction of sp³-hybridized carbons (Fsp3) is 0. The second-order valence-corrected chi connectivity index (χ2v) is 4.40. The van der Waals surface area contributed by atoms with Gasteiger partial charge in [0.05, 0.1) is 10.6 Å². The lowest BCUT2D eigenvalue weighted by atomic mass is 10.3. The van der Waals surface area contributed by atoms with Crippen LogP contribution in [0.15, 0.2) is 29.2 Å². The fourth-order valence-electron chi connectivity index (χ4n) is 1.36. The first-order valence-electron chi connectivity index (χ1n) is 4.93. The molecule has 0 aliphatic carbocycles. The van der Waals surface area contributed by atoms with Gasteiger partial charge < -0.3 is 15.6 Å². The number of rotatable bonds is 3. The third kappa shape index (κ3) is 3.20. The van der Waals surface area contributed by atoms with Crippen LogP contribution in [0, 0.1) is 11.9 Å². The van der Waals surface area contributed by atoms with Gasteiger partial charge in [-0.2, -0.15) is 18.7 Å². The molecule has 2 rings (SSSR count). The van der Waals surface area contributed by atoms with Crippen LogP contribution in [0.3, 0.4) is 0 Å². The zero-order valence-electron chi connectivity index (χ0n) is 9.30. The zero-order chi connectivity index (χ0) is 14.0. The topological polar surface area (TPSA) is 101 Å². The highest BCUT2D eigenvalue weighted by Crippen LogP contribution is 2.22. The van der Waals surface area contributed by atoms with Gasteiger partial charge in [0.1, 0.15) is 0 Å². The van der Waals surface area contributed by atoms with Crippen molar-refractivity contribution in [1.29, 1.82) is 0 Å². The number of benzene rings is 1. The summed E-state index contributed by atoms with van der Waals surface area (Å²) >= 11 is -2.21. The van der Waals surface area contributed by atoms with E-state index in [2.05, 4.69) is 15.3 Å². The van der Waals surface area contributed by atoms with Crippen molar-refractivity contribution in [3.63, 3.8) is 0 Å². The van der Waals surface area contributed by atoms with E-state index < -0.39 is 23.0 Å². The number of halogens is 2. The molecule has 4 N–H and O–H groups in total. The number of nitrogens with two attached hydrogens (primary N) is 1. The molecule has 0 saturated carbocycles. The van der Waals surface area contributed by atoms with E-state index >= 15 is 0 Å². The minimum absolute atomic E-state index is 0.0388. The molecule has 100 valence electrons. The summed E-state index contributed by atoms with van der Waals surface area (Å²) in [5, 5.41) is 2.53. The Morgan fingerprint density at radius 2 is 1.84 bits per heavy atom. The van der Waals surface area contributed by atoms with Crippen LogP contribution in [-0.2, 0) is 11.1 Å². The third-order valence-corrected chi connectivity index (χ3v) is 2.87. The summed E-state index contributed by atoms with van der Waals surface area (Å²) in [6.45, 7) is 0. The molecule has 0 aliphatic heterocycles. The molecule has 0 fully saturated rings. The van der Waals surface area contributed by atoms with E-state index in [-0.39, 0.29) is 16.5 Å². The van der Waals surface area contributed by atoms with Gasteiger partial charge in [-0.1, -0.05) is 0 Å². The highest BCUT2D eigenvalue weighted by Gasteiger charge is 2.08. The third-order valence-electron chi connectivity index (χ3n) is 2.12. The van der Waals surface area contributed by atoms with Crippen molar-refractivity contribution in [1.82, 2.24) is 9.97 Å². The molecule has 1 aromatic heterocycles. The molecule has 1 unspecified atom stereocenters. The van der Waals surface area contributed by atoms with Crippen molar-refractivity contribution in [2.45, 2.75) is 4.90 Å². The number of nitrogens with zero attached hydrogens (tertiary/aromatic N) is 2. The first kappa shape index (κ1) is 13.3. The number of hydrogen-bond donors (Lipinski definition) is 3. The molecular weight excluding hydrogens is 278 g/mol. The van der Waals surface area contributed by atoms with Crippen LogP contribution in [0.4, 0.5) is 26.1 Å². The van der Waals surface area contributed by atoms with Crippen molar-refractivity contribution in [2.24, 2.45) is 0 Å². The fourth-order valence-corrected chi connectivity index (χ4v) is 1.81. The molecule has 1 atom stereocenters. The van der Waals surface area contributed by atoms with Crippen LogP contribution in [-0.4, -0.2) is 18.7 Å². The second-order valence-electron chi connectivity index (χ2n) is 3.46. The number of aromatic nitrogens is 2. The first-order chi connectivity index (χ1) is 8.95. The van der Waals surface area contributed by atoms with Crippen LogP contribution in [0.25, 0.3) is 0 Å². The lowest BCUT2D eigenvalue weighted by Crippen LogP contribution is -2.02. The summed E-state index contributed by atoms with van der Waals surface area (Å²) in [6, 6.07) is 4.59. The van der Waals surface area contributed by atoms with Gasteiger partial charge in [0.15, 0.2) is 11.1 Å². The summed E-state index contributed by atoms with van der Waals surface area (Å²) in [5.41, 5.74) is 5.94. The zero-order valence-corrected chi connectivity index (χ0v) is 10.1. The number of hydrogen-bond acceptors (Lipinski definition) is 5. The summed E-state index contributed by atoms with van der Waals surface area (Å²) < 4.78 is 45.5. The van der Waals surface area contributed by atoms with E-state index in [0.29, 0.717) is 11.8 Å². The quantitative estimate of drug-likeness (QED) is 0.450. The Hall–Kier alpha value is -2.13. The van der Waals surface area contributed by atoms with E-state index in [1.807, 2.05) is 0 Å². The Balaban J connectivity index is 2.28. The number of nitrogen functional groups attached to an aromatic ring is 1. The second kappa shape index (κ2) is 5.24. The molecule has 19 heavy (non-hydrogen) atoms. The average Bonchev–Trinajstić information content (AvgIpc) is 2.26. The van der Waals surface area contributed by atoms with Crippen molar-refractivity contribution < 1.29 is 17.5 Å². The predicted octanol–water partition coefficient (Wildman–Crippen LogP) is 1.66. The Labute approximate surface area is 109 Å². The highest BCUT2D eigenvalue weighted by molar-refractivity contribution is 7.79. The maximum atomic E-state index is 12.9. The number of nitrogens with one attached hydrogen (secondary N) is 1. The molecule has 0 spiro atoms. The smallest absolute Gasteiger partial charge is 0.232 e. The summed E-state index contributed by atoms with van der Waals surface area (Å²) in [4.78, 5) is 6.71. The maximum Gasteiger partial charge on any atom is 0.232 e. The minimum Gasteiger partial charge on any atom is -0.398 e. The lowest BCUT2D eigenvalue weighted by Gasteiger charge is -2.07. The van der Waals surface area contributed by atoms with Gasteiger partial charge in [0.2, 0.25) is 17.8 Å². The van der Waals surface area contributed by atoms with E-state index in [0.717, 1.165) is 0 Å². The predicted molar refractivity (Wildman–Crippen MR) is 65.1 cm³/mol. The van der Waals surface area contributed by atoms with E-state index in [9.17, 15) is 13.0 Å². The molecule has 0 aliphatic rings. The van der Waals surface area contributed by atoms with Crippen LogP contribution in [0.2, 0.25) is 0 Å². The van der Waals surface area contributed by atoms with Gasteiger partial charge >= 0.3 is 0 Å². The first-order valence-corrected chi connectivity index (χ1v) is 6.04. The number of anilines is 3. The van der Waals surface area contributed by atoms with Gasteiger partial charge in [-0.3, -0.25) is 0 Å².